The normalized spacial score (nSPS) is 21.8. The monoisotopic (exact) mass is 344 g/mol. The third kappa shape index (κ3) is 5.83. The van der Waals surface area contributed by atoms with Gasteiger partial charge in [0.05, 0.1) is 12.2 Å². The number of hydrogen-bond donors (Lipinski definition) is 2. The molecule has 1 aromatic carbocycles. The number of aliphatic hydroxyl groups excluding tert-OH is 1. The maximum atomic E-state index is 12.6. The molecule has 0 aliphatic heterocycles. The Labute approximate surface area is 139 Å². The van der Waals surface area contributed by atoms with Gasteiger partial charge in [0.1, 0.15) is 5.75 Å². The molecule has 0 heterocycles. The van der Waals surface area contributed by atoms with Crippen LogP contribution in [0.15, 0.2) is 36.4 Å². The average molecular weight is 344 g/mol. The maximum absolute atomic E-state index is 12.6. The second-order valence-corrected chi connectivity index (χ2v) is 6.16. The first-order chi connectivity index (χ1) is 11.4. The second-order valence-electron chi connectivity index (χ2n) is 6.16. The van der Waals surface area contributed by atoms with E-state index in [9.17, 15) is 13.2 Å². The number of benzene rings is 1. The largest absolute Gasteiger partial charge is 0.493 e. The molecule has 2 unspecified atom stereocenters. The fourth-order valence-electron chi connectivity index (χ4n) is 3.16. The van der Waals surface area contributed by atoms with Crippen molar-refractivity contribution in [1.82, 2.24) is 0 Å². The van der Waals surface area contributed by atoms with E-state index in [0.29, 0.717) is 25.4 Å². The van der Waals surface area contributed by atoms with Gasteiger partial charge in [-0.2, -0.15) is 13.2 Å². The molecule has 3 nitrogen and oxygen atoms in total. The number of alkyl halides is 3. The molecule has 0 bridgehead atoms. The topological polar surface area (TPSA) is 49.7 Å². The highest BCUT2D eigenvalue weighted by Gasteiger charge is 2.30. The smallest absolute Gasteiger partial charge is 0.416 e. The molecule has 2 atom stereocenters. The molecule has 1 aliphatic carbocycles. The summed E-state index contributed by atoms with van der Waals surface area (Å²) in [6, 6.07) is 4.86. The van der Waals surface area contributed by atoms with E-state index in [0.717, 1.165) is 31.4 Å². The van der Waals surface area contributed by atoms with Gasteiger partial charge in [-0.15, -0.1) is 0 Å². The Morgan fingerprint density at radius 1 is 1.25 bits per heavy atom. The van der Waals surface area contributed by atoms with E-state index < -0.39 is 18.0 Å². The molecular formula is C18H23F3O3. The summed E-state index contributed by atoms with van der Waals surface area (Å²) in [6.07, 6.45) is 2.47. The van der Waals surface area contributed by atoms with E-state index in [1.165, 1.54) is 12.1 Å². The van der Waals surface area contributed by atoms with Crippen LogP contribution in [0.3, 0.4) is 0 Å². The summed E-state index contributed by atoms with van der Waals surface area (Å²) in [6.45, 7) is 0.303. The number of halogens is 3. The van der Waals surface area contributed by atoms with E-state index in [1.807, 2.05) is 6.08 Å². The summed E-state index contributed by atoms with van der Waals surface area (Å²) in [4.78, 5) is 0. The number of allylic oxidation sites excluding steroid dienone is 1. The van der Waals surface area contributed by atoms with E-state index in [1.54, 1.807) is 0 Å². The molecule has 2 N–H and O–H groups in total. The Morgan fingerprint density at radius 3 is 2.75 bits per heavy atom. The Morgan fingerprint density at radius 2 is 2.04 bits per heavy atom. The van der Waals surface area contributed by atoms with E-state index in [2.05, 4.69) is 6.08 Å². The number of ether oxygens (including phenoxy) is 1. The lowest BCUT2D eigenvalue weighted by Crippen LogP contribution is -2.15. The lowest BCUT2D eigenvalue weighted by atomic mass is 9.92. The van der Waals surface area contributed by atoms with Gasteiger partial charge >= 0.3 is 6.18 Å². The highest BCUT2D eigenvalue weighted by atomic mass is 19.4. The van der Waals surface area contributed by atoms with Crippen LogP contribution in [-0.2, 0) is 6.18 Å². The Hall–Kier alpha value is -1.53. The molecule has 1 saturated carbocycles. The number of aliphatic hydroxyl groups is 2. The molecule has 2 rings (SSSR count). The first-order valence-corrected chi connectivity index (χ1v) is 8.19. The van der Waals surface area contributed by atoms with Crippen LogP contribution in [0.4, 0.5) is 13.2 Å². The molecule has 1 aromatic rings. The fourth-order valence-corrected chi connectivity index (χ4v) is 3.16. The number of hydrogen-bond acceptors (Lipinski definition) is 3. The van der Waals surface area contributed by atoms with Crippen LogP contribution in [0.5, 0.6) is 5.75 Å². The van der Waals surface area contributed by atoms with Crippen molar-refractivity contribution < 1.29 is 28.1 Å². The Kier molecular flexibility index (Phi) is 6.69. The molecular weight excluding hydrogens is 321 g/mol. The maximum Gasteiger partial charge on any atom is 0.416 e. The lowest BCUT2D eigenvalue weighted by Gasteiger charge is -2.17. The van der Waals surface area contributed by atoms with Gasteiger partial charge in [-0.3, -0.25) is 0 Å². The van der Waals surface area contributed by atoms with Crippen molar-refractivity contribution in [3.63, 3.8) is 0 Å². The van der Waals surface area contributed by atoms with Crippen molar-refractivity contribution in [3.05, 3.63) is 42.0 Å². The van der Waals surface area contributed by atoms with Crippen LogP contribution in [0.1, 0.15) is 37.7 Å². The van der Waals surface area contributed by atoms with Crippen LogP contribution in [-0.4, -0.2) is 23.1 Å². The van der Waals surface area contributed by atoms with Crippen LogP contribution >= 0.6 is 0 Å². The molecule has 0 radical (unpaired) electrons. The van der Waals surface area contributed by atoms with Gasteiger partial charge in [0.25, 0.3) is 0 Å². The zero-order valence-electron chi connectivity index (χ0n) is 13.4. The van der Waals surface area contributed by atoms with Crippen molar-refractivity contribution in [1.29, 1.82) is 0 Å². The number of rotatable bonds is 7. The minimum Gasteiger partial charge on any atom is -0.493 e. The van der Waals surface area contributed by atoms with Crippen molar-refractivity contribution in [2.24, 2.45) is 11.8 Å². The molecule has 24 heavy (non-hydrogen) atoms. The second kappa shape index (κ2) is 8.53. The third-order valence-electron chi connectivity index (χ3n) is 4.33. The van der Waals surface area contributed by atoms with E-state index >= 15 is 0 Å². The van der Waals surface area contributed by atoms with Crippen molar-refractivity contribution in [2.45, 2.75) is 44.6 Å². The summed E-state index contributed by atoms with van der Waals surface area (Å²) in [5, 5.41) is 18.2. The van der Waals surface area contributed by atoms with Crippen molar-refractivity contribution >= 4 is 0 Å². The summed E-state index contributed by atoms with van der Waals surface area (Å²) in [5.41, 5.74) is -0.716. The molecule has 6 heteroatoms. The molecule has 0 amide bonds. The molecule has 0 spiro atoms. The van der Waals surface area contributed by atoms with E-state index in [4.69, 9.17) is 14.9 Å². The predicted octanol–water partition coefficient (Wildman–Crippen LogP) is 4.15. The molecule has 1 fully saturated rings. The summed E-state index contributed by atoms with van der Waals surface area (Å²) in [7, 11) is 0. The molecule has 0 saturated heterocycles. The first-order valence-electron chi connectivity index (χ1n) is 8.19. The van der Waals surface area contributed by atoms with E-state index in [-0.39, 0.29) is 11.7 Å². The van der Waals surface area contributed by atoms with Crippen LogP contribution in [0, 0.1) is 11.8 Å². The van der Waals surface area contributed by atoms with Crippen LogP contribution < -0.4 is 4.74 Å². The minimum atomic E-state index is -4.37. The summed E-state index contributed by atoms with van der Waals surface area (Å²) < 4.78 is 43.2. The fraction of sp³-hybridized carbons (Fsp3) is 0.556. The average Bonchev–Trinajstić information content (AvgIpc) is 2.93. The molecule has 1 aliphatic rings. The van der Waals surface area contributed by atoms with Crippen molar-refractivity contribution in [2.75, 3.05) is 6.61 Å². The quantitative estimate of drug-likeness (QED) is 0.444. The van der Waals surface area contributed by atoms with Gasteiger partial charge in [-0.1, -0.05) is 24.6 Å². The summed E-state index contributed by atoms with van der Waals surface area (Å²) >= 11 is 0. The lowest BCUT2D eigenvalue weighted by molar-refractivity contribution is -0.137. The minimum absolute atomic E-state index is 0.209. The SMILES string of the molecule is OC(O)CC1CCCC1/C=C/CCOc1cccc(C(F)(F)F)c1. The highest BCUT2D eigenvalue weighted by molar-refractivity contribution is 5.30. The van der Waals surface area contributed by atoms with Crippen LogP contribution in [0.25, 0.3) is 0 Å². The molecule has 0 aromatic heterocycles. The van der Waals surface area contributed by atoms with Gasteiger partial charge in [0, 0.05) is 6.42 Å². The van der Waals surface area contributed by atoms with Gasteiger partial charge in [0.15, 0.2) is 6.29 Å². The van der Waals surface area contributed by atoms with Gasteiger partial charge in [-0.05, 0) is 49.3 Å². The first kappa shape index (κ1) is 18.8. The van der Waals surface area contributed by atoms with Crippen LogP contribution in [0.2, 0.25) is 0 Å². The summed E-state index contributed by atoms with van der Waals surface area (Å²) in [5.74, 6) is 0.825. The Bertz CT molecular complexity index is 541. The molecule has 134 valence electrons. The highest BCUT2D eigenvalue weighted by Crippen LogP contribution is 2.35. The van der Waals surface area contributed by atoms with Gasteiger partial charge in [-0.25, -0.2) is 0 Å². The van der Waals surface area contributed by atoms with Gasteiger partial charge < -0.3 is 14.9 Å². The Balaban J connectivity index is 1.76. The van der Waals surface area contributed by atoms with Gasteiger partial charge in [0.2, 0.25) is 0 Å². The zero-order chi connectivity index (χ0) is 17.6. The third-order valence-corrected chi connectivity index (χ3v) is 4.33. The zero-order valence-corrected chi connectivity index (χ0v) is 13.4. The predicted molar refractivity (Wildman–Crippen MR) is 84.4 cm³/mol. The van der Waals surface area contributed by atoms with Crippen molar-refractivity contribution in [3.8, 4) is 5.75 Å². The standard InChI is InChI=1S/C18H23F3O3/c19-18(20,21)15-8-4-9-16(12-15)24-10-2-1-5-13-6-3-7-14(13)11-17(22)23/h1,4-5,8-9,12-14,17,22-23H,2-3,6-7,10-11H2/b5-1+.